The Morgan fingerprint density at radius 1 is 1.52 bits per heavy atom. The molecular weight excluding hydrogens is 278 g/mol. The van der Waals surface area contributed by atoms with Crippen molar-refractivity contribution in [3.63, 3.8) is 0 Å². The minimum Gasteiger partial charge on any atom is -0.479 e. The van der Waals surface area contributed by atoms with Gasteiger partial charge >= 0.3 is 0 Å². The van der Waals surface area contributed by atoms with Gasteiger partial charge in [-0.05, 0) is 0 Å². The van der Waals surface area contributed by atoms with Crippen molar-refractivity contribution in [1.29, 1.82) is 0 Å². The lowest BCUT2D eigenvalue weighted by Crippen LogP contribution is -2.24. The second-order valence-corrected chi connectivity index (χ2v) is 4.75. The Balaban J connectivity index is 2.04. The van der Waals surface area contributed by atoms with E-state index in [9.17, 15) is 5.11 Å². The predicted molar refractivity (Wildman–Crippen MR) is 73.0 cm³/mol. The van der Waals surface area contributed by atoms with Crippen molar-refractivity contribution in [3.8, 4) is 5.88 Å². The van der Waals surface area contributed by atoms with Crippen molar-refractivity contribution < 1.29 is 19.7 Å². The maximum absolute atomic E-state index is 9.84. The molecule has 21 heavy (non-hydrogen) atoms. The summed E-state index contributed by atoms with van der Waals surface area (Å²) in [7, 11) is 3.22. The van der Waals surface area contributed by atoms with Gasteiger partial charge in [-0.25, -0.2) is 4.98 Å². The Hall–Kier alpha value is -1.97. The summed E-state index contributed by atoms with van der Waals surface area (Å²) in [6.45, 7) is -0.232. The molecule has 0 aliphatic carbocycles. The van der Waals surface area contributed by atoms with Gasteiger partial charge in [0.15, 0.2) is 11.2 Å². The number of hydrogen-bond acceptors (Lipinski definition) is 8. The highest BCUT2D eigenvalue weighted by atomic mass is 16.5. The molecule has 3 rings (SSSR count). The van der Waals surface area contributed by atoms with E-state index in [2.05, 4.69) is 20.3 Å². The van der Waals surface area contributed by atoms with Gasteiger partial charge in [-0.15, -0.1) is 0 Å². The molecule has 3 atom stereocenters. The molecule has 9 nitrogen and oxygen atoms in total. The number of fused-ring (bicyclic) bond motifs is 1. The fraction of sp³-hybridized carbons (Fsp3) is 0.583. The summed E-state index contributed by atoms with van der Waals surface area (Å²) >= 11 is 0. The van der Waals surface area contributed by atoms with E-state index in [0.29, 0.717) is 29.4 Å². The number of rotatable bonds is 4. The summed E-state index contributed by atoms with van der Waals surface area (Å²) in [6.07, 6.45) is 0.174. The van der Waals surface area contributed by atoms with Gasteiger partial charge in [0, 0.05) is 13.5 Å². The fourth-order valence-corrected chi connectivity index (χ4v) is 2.41. The van der Waals surface area contributed by atoms with Gasteiger partial charge < -0.3 is 25.0 Å². The molecule has 114 valence electrons. The zero-order chi connectivity index (χ0) is 15.0. The van der Waals surface area contributed by atoms with E-state index in [-0.39, 0.29) is 6.61 Å². The van der Waals surface area contributed by atoms with Crippen LogP contribution in [0.1, 0.15) is 12.6 Å². The van der Waals surface area contributed by atoms with Gasteiger partial charge in [-0.3, -0.25) is 4.57 Å². The zero-order valence-electron chi connectivity index (χ0n) is 11.7. The number of aliphatic hydroxyl groups is 2. The molecule has 1 aliphatic rings. The second-order valence-electron chi connectivity index (χ2n) is 4.75. The first-order valence-electron chi connectivity index (χ1n) is 6.58. The van der Waals surface area contributed by atoms with Gasteiger partial charge in [-0.2, -0.15) is 9.97 Å². The van der Waals surface area contributed by atoms with Gasteiger partial charge in [0.25, 0.3) is 0 Å². The van der Waals surface area contributed by atoms with Gasteiger partial charge in [0.2, 0.25) is 11.8 Å². The first kappa shape index (κ1) is 14.0. The van der Waals surface area contributed by atoms with E-state index >= 15 is 0 Å². The summed E-state index contributed by atoms with van der Waals surface area (Å²) in [4.78, 5) is 12.8. The van der Waals surface area contributed by atoms with Crippen molar-refractivity contribution in [1.82, 2.24) is 19.5 Å². The minimum absolute atomic E-state index is 0.232. The van der Waals surface area contributed by atoms with Crippen LogP contribution in [0.4, 0.5) is 5.95 Å². The molecule has 0 bridgehead atoms. The summed E-state index contributed by atoms with van der Waals surface area (Å²) in [5.41, 5.74) is 1.06. The Morgan fingerprint density at radius 3 is 2.95 bits per heavy atom. The molecule has 9 heteroatoms. The summed E-state index contributed by atoms with van der Waals surface area (Å²) in [5, 5.41) is 21.9. The average Bonchev–Trinajstić information content (AvgIpc) is 3.08. The minimum atomic E-state index is -0.718. The molecule has 3 N–H and O–H groups in total. The zero-order valence-corrected chi connectivity index (χ0v) is 11.7. The molecule has 2 aromatic heterocycles. The third-order valence-corrected chi connectivity index (χ3v) is 3.50. The van der Waals surface area contributed by atoms with E-state index in [0.717, 1.165) is 0 Å². The molecule has 3 heterocycles. The normalized spacial score (nSPS) is 25.4. The fourth-order valence-electron chi connectivity index (χ4n) is 2.41. The predicted octanol–water partition coefficient (Wildman–Crippen LogP) is -0.483. The summed E-state index contributed by atoms with van der Waals surface area (Å²) in [5.74, 6) is 0.763. The molecule has 1 fully saturated rings. The smallest absolute Gasteiger partial charge is 0.246 e. The van der Waals surface area contributed by atoms with Crippen LogP contribution >= 0.6 is 0 Å². The lowest BCUT2D eigenvalue weighted by atomic mass is 10.2. The first-order chi connectivity index (χ1) is 10.2. The number of aromatic nitrogens is 4. The van der Waals surface area contributed by atoms with Crippen LogP contribution < -0.4 is 10.1 Å². The molecule has 0 radical (unpaired) electrons. The Bertz CT molecular complexity index is 646. The van der Waals surface area contributed by atoms with Crippen LogP contribution in [0, 0.1) is 0 Å². The highest BCUT2D eigenvalue weighted by molar-refractivity contribution is 5.77. The van der Waals surface area contributed by atoms with Crippen LogP contribution in [0.3, 0.4) is 0 Å². The number of ether oxygens (including phenoxy) is 2. The topological polar surface area (TPSA) is 115 Å². The number of anilines is 1. The van der Waals surface area contributed by atoms with Crippen LogP contribution in [-0.4, -0.2) is 62.7 Å². The second kappa shape index (κ2) is 5.43. The lowest BCUT2D eigenvalue weighted by molar-refractivity contribution is -0.0432. The highest BCUT2D eigenvalue weighted by Crippen LogP contribution is 2.32. The number of aliphatic hydroxyl groups excluding tert-OH is 2. The van der Waals surface area contributed by atoms with Gasteiger partial charge in [0.05, 0.1) is 26.1 Å². The van der Waals surface area contributed by atoms with E-state index in [1.165, 1.54) is 7.11 Å². The maximum atomic E-state index is 9.84. The third kappa shape index (κ3) is 2.28. The van der Waals surface area contributed by atoms with Gasteiger partial charge in [0.1, 0.15) is 12.3 Å². The summed E-state index contributed by atoms with van der Waals surface area (Å²) in [6, 6.07) is 0. The van der Waals surface area contributed by atoms with Crippen LogP contribution in [0.15, 0.2) is 6.33 Å². The van der Waals surface area contributed by atoms with E-state index in [1.807, 2.05) is 0 Å². The quantitative estimate of drug-likeness (QED) is 0.692. The van der Waals surface area contributed by atoms with Crippen LogP contribution in [0.25, 0.3) is 11.2 Å². The van der Waals surface area contributed by atoms with E-state index < -0.39 is 18.4 Å². The van der Waals surface area contributed by atoms with Gasteiger partial charge in [-0.1, -0.05) is 0 Å². The molecular formula is C12H17N5O4. The first-order valence-corrected chi connectivity index (χ1v) is 6.58. The van der Waals surface area contributed by atoms with Crippen LogP contribution in [-0.2, 0) is 4.74 Å². The lowest BCUT2D eigenvalue weighted by Gasteiger charge is -2.14. The number of imidazole rings is 1. The van der Waals surface area contributed by atoms with Crippen molar-refractivity contribution in [2.24, 2.45) is 0 Å². The molecule has 0 saturated carbocycles. The van der Waals surface area contributed by atoms with E-state index in [4.69, 9.17) is 14.6 Å². The largest absolute Gasteiger partial charge is 0.479 e. The summed E-state index contributed by atoms with van der Waals surface area (Å²) < 4.78 is 12.5. The average molecular weight is 295 g/mol. The van der Waals surface area contributed by atoms with Crippen molar-refractivity contribution >= 4 is 17.1 Å². The molecule has 2 aromatic rings. The molecule has 0 unspecified atom stereocenters. The molecule has 0 amide bonds. The van der Waals surface area contributed by atoms with Crippen molar-refractivity contribution in [3.05, 3.63) is 6.33 Å². The van der Waals surface area contributed by atoms with Crippen LogP contribution in [0.2, 0.25) is 0 Å². The Morgan fingerprint density at radius 2 is 2.33 bits per heavy atom. The monoisotopic (exact) mass is 295 g/mol. The Kier molecular flexibility index (Phi) is 3.62. The van der Waals surface area contributed by atoms with Crippen molar-refractivity contribution in [2.75, 3.05) is 26.1 Å². The number of hydrogen-bond donors (Lipinski definition) is 3. The van der Waals surface area contributed by atoms with Crippen LogP contribution in [0.5, 0.6) is 5.88 Å². The standard InChI is InChI=1S/C12H17N5O4/c1-13-12-15-10-9(11(16-12)20-2)14-5-17(10)8-3-6(19)7(4-18)21-8/h5-8,18-19H,3-4H2,1-2H3,(H,13,15,16)/t6-,7+,8+/m1/s1. The number of nitrogens with zero attached hydrogens (tertiary/aromatic N) is 4. The maximum Gasteiger partial charge on any atom is 0.246 e. The molecule has 0 spiro atoms. The SMILES string of the molecule is CNc1nc(OC)c2ncn([C@@H]3C[C@@H](O)[C@H](CO)O3)c2n1. The Labute approximate surface area is 120 Å². The number of nitrogens with one attached hydrogen (secondary N) is 1. The molecule has 0 aromatic carbocycles. The molecule has 1 aliphatic heterocycles. The number of methoxy groups -OCH3 is 1. The van der Waals surface area contributed by atoms with Crippen molar-refractivity contribution in [2.45, 2.75) is 24.9 Å². The molecule has 1 saturated heterocycles. The highest BCUT2D eigenvalue weighted by Gasteiger charge is 2.35. The van der Waals surface area contributed by atoms with E-state index in [1.54, 1.807) is 17.9 Å². The third-order valence-electron chi connectivity index (χ3n) is 3.50.